The van der Waals surface area contributed by atoms with E-state index in [0.717, 1.165) is 51.4 Å². The Morgan fingerprint density at radius 1 is 0.729 bits per heavy atom. The van der Waals surface area contributed by atoms with E-state index >= 15 is 0 Å². The van der Waals surface area contributed by atoms with Gasteiger partial charge in [0.25, 0.3) is 0 Å². The first-order chi connectivity index (χ1) is 28.3. The summed E-state index contributed by atoms with van der Waals surface area (Å²) in [4.78, 5) is 48.0. The molecule has 0 aliphatic heterocycles. The predicted octanol–water partition coefficient (Wildman–Crippen LogP) is 6.89. The van der Waals surface area contributed by atoms with E-state index in [1.54, 1.807) is 12.2 Å². The summed E-state index contributed by atoms with van der Waals surface area (Å²) in [5, 5.41) is 49.7. The molecule has 1 saturated carbocycles. The molecule has 1 aliphatic carbocycles. The molecule has 0 amide bonds. The highest BCUT2D eigenvalue weighted by Crippen LogP contribution is 2.43. The highest BCUT2D eigenvalue weighted by molar-refractivity contribution is 7.47. The number of ether oxygens (including phenoxy) is 2. The zero-order valence-corrected chi connectivity index (χ0v) is 36.4. The zero-order valence-electron chi connectivity index (χ0n) is 35.5. The Morgan fingerprint density at radius 2 is 1.31 bits per heavy atom. The topological polar surface area (TPSA) is 227 Å². The second-order valence-electron chi connectivity index (χ2n) is 15.3. The molecule has 14 nitrogen and oxygen atoms in total. The number of aliphatic hydroxyl groups is 5. The van der Waals surface area contributed by atoms with Crippen LogP contribution in [0.4, 0.5) is 0 Å². The molecule has 1 fully saturated rings. The molecule has 0 heterocycles. The third kappa shape index (κ3) is 28.6. The predicted molar refractivity (Wildman–Crippen MR) is 226 cm³/mol. The Kier molecular flexibility index (Phi) is 31.5. The van der Waals surface area contributed by atoms with E-state index in [-0.39, 0.29) is 44.3 Å². The van der Waals surface area contributed by atoms with Crippen molar-refractivity contribution in [1.82, 2.24) is 0 Å². The molecular weight excluding hydrogens is 783 g/mol. The van der Waals surface area contributed by atoms with Gasteiger partial charge in [-0.25, -0.2) is 4.57 Å². The lowest BCUT2D eigenvalue weighted by Gasteiger charge is -2.21. The van der Waals surface area contributed by atoms with Crippen LogP contribution in [0, 0.1) is 11.8 Å². The van der Waals surface area contributed by atoms with Gasteiger partial charge in [0.05, 0.1) is 38.1 Å². The van der Waals surface area contributed by atoms with Crippen molar-refractivity contribution in [3.63, 3.8) is 0 Å². The van der Waals surface area contributed by atoms with Gasteiger partial charge in [0.2, 0.25) is 0 Å². The molecule has 1 unspecified atom stereocenters. The SMILES string of the molecule is CCCCC/C=C\C/C=C\C/C=C\CCCCC(=O)OC[C@H](COP(=O)(O)OC[C@@H](O)CO)OC(=O)CCCCC(=O)C[C@@H]1[C@@H](/C=C/[C@@H](O)CCCCC)[C@H](O)C[C@@H]1O. The van der Waals surface area contributed by atoms with Crippen LogP contribution in [0.5, 0.6) is 0 Å². The first kappa shape index (κ1) is 54.5. The summed E-state index contributed by atoms with van der Waals surface area (Å²) in [5.74, 6) is -2.36. The number of aliphatic hydroxyl groups excluding tert-OH is 5. The molecule has 6 N–H and O–H groups in total. The Labute approximate surface area is 352 Å². The summed E-state index contributed by atoms with van der Waals surface area (Å²) in [7, 11) is -4.73. The number of ketones is 1. The fraction of sp³-hybridized carbons (Fsp3) is 0.750. The average molecular weight is 859 g/mol. The number of carbonyl (C=O) groups excluding carboxylic acids is 3. The molecule has 59 heavy (non-hydrogen) atoms. The molecule has 1 aliphatic rings. The molecule has 0 radical (unpaired) electrons. The van der Waals surface area contributed by atoms with Crippen LogP contribution in [0.1, 0.15) is 142 Å². The number of phosphoric ester groups is 1. The van der Waals surface area contributed by atoms with Crippen LogP contribution >= 0.6 is 7.82 Å². The van der Waals surface area contributed by atoms with E-state index in [1.807, 2.05) is 0 Å². The Hall–Kier alpha value is -2.52. The van der Waals surface area contributed by atoms with E-state index in [1.165, 1.54) is 19.3 Å². The van der Waals surface area contributed by atoms with Gasteiger partial charge in [0, 0.05) is 43.9 Å². The lowest BCUT2D eigenvalue weighted by Crippen LogP contribution is -2.30. The van der Waals surface area contributed by atoms with Gasteiger partial charge in [-0.2, -0.15) is 0 Å². The van der Waals surface area contributed by atoms with E-state index in [2.05, 4.69) is 54.8 Å². The normalized spacial score (nSPS) is 21.1. The maximum Gasteiger partial charge on any atom is 0.472 e. The van der Waals surface area contributed by atoms with Crippen molar-refractivity contribution in [3.05, 3.63) is 48.6 Å². The third-order valence-corrected chi connectivity index (χ3v) is 10.9. The number of allylic oxidation sites excluding steroid dienone is 6. The van der Waals surface area contributed by atoms with E-state index in [0.29, 0.717) is 19.3 Å². The van der Waals surface area contributed by atoms with Crippen molar-refractivity contribution >= 4 is 25.5 Å². The van der Waals surface area contributed by atoms with E-state index in [9.17, 15) is 44.3 Å². The van der Waals surface area contributed by atoms with Crippen molar-refractivity contribution in [2.75, 3.05) is 26.4 Å². The summed E-state index contributed by atoms with van der Waals surface area (Å²) in [6.07, 6.45) is 24.3. The summed E-state index contributed by atoms with van der Waals surface area (Å²) < 4.78 is 32.5. The van der Waals surface area contributed by atoms with Crippen LogP contribution in [-0.4, -0.2) is 105 Å². The van der Waals surface area contributed by atoms with Crippen LogP contribution in [0.2, 0.25) is 0 Å². The number of Topliss-reactive ketones (excluding diaryl/α,β-unsaturated/α-hetero) is 1. The van der Waals surface area contributed by atoms with Crippen LogP contribution in [0.15, 0.2) is 48.6 Å². The summed E-state index contributed by atoms with van der Waals surface area (Å²) in [6.45, 7) is 1.75. The second kappa shape index (κ2) is 34.1. The monoisotopic (exact) mass is 858 g/mol. The van der Waals surface area contributed by atoms with E-state index < -0.39 is 88.5 Å². The lowest BCUT2D eigenvalue weighted by molar-refractivity contribution is -0.161. The summed E-state index contributed by atoms with van der Waals surface area (Å²) in [6, 6.07) is 0. The number of carbonyl (C=O) groups is 3. The molecule has 0 aromatic rings. The molecule has 8 atom stereocenters. The van der Waals surface area contributed by atoms with Crippen molar-refractivity contribution < 1.29 is 67.9 Å². The minimum atomic E-state index is -4.73. The van der Waals surface area contributed by atoms with Crippen molar-refractivity contribution in [2.45, 2.75) is 173 Å². The number of hydrogen-bond acceptors (Lipinski definition) is 13. The molecular formula is C44H75O14P. The Balaban J connectivity index is 2.54. The molecule has 0 saturated heterocycles. The highest BCUT2D eigenvalue weighted by Gasteiger charge is 2.41. The number of hydrogen-bond donors (Lipinski definition) is 6. The molecule has 1 rings (SSSR count). The minimum Gasteiger partial charge on any atom is -0.462 e. The summed E-state index contributed by atoms with van der Waals surface area (Å²) in [5.41, 5.74) is 0. The maximum absolute atomic E-state index is 12.9. The van der Waals surface area contributed by atoms with Gasteiger partial charge in [-0.05, 0) is 64.2 Å². The maximum atomic E-state index is 12.9. The minimum absolute atomic E-state index is 0.0406. The van der Waals surface area contributed by atoms with Crippen molar-refractivity contribution in [1.29, 1.82) is 0 Å². The van der Waals surface area contributed by atoms with Gasteiger partial charge in [-0.1, -0.05) is 94.6 Å². The summed E-state index contributed by atoms with van der Waals surface area (Å²) >= 11 is 0. The average Bonchev–Trinajstić information content (AvgIpc) is 3.47. The van der Waals surface area contributed by atoms with Gasteiger partial charge < -0.3 is 39.9 Å². The first-order valence-corrected chi connectivity index (χ1v) is 23.3. The standard InChI is InChI=1S/C44H75O14P/c1-3-5-7-8-9-10-11-12-13-14-15-16-17-18-20-25-43(51)55-33-38(34-57-59(53,54)56-32-37(48)31-45)58-44(52)26-22-21-24-36(47)29-40-39(41(49)30-42(40)50)28-27-35(46)23-19-6-4-2/h9-10,12-13,15-16,27-28,35,37-42,45-46,48-50H,3-8,11,14,17-26,29-34H2,1-2H3,(H,53,54)/b10-9-,13-12-,16-15-,28-27+/t35-,37-,38+,39+,40+,41+,42-/m0/s1. The van der Waals surface area contributed by atoms with Crippen LogP contribution in [-0.2, 0) is 37.5 Å². The molecule has 0 aromatic heterocycles. The van der Waals surface area contributed by atoms with Gasteiger partial charge in [-0.3, -0.25) is 23.4 Å². The zero-order chi connectivity index (χ0) is 43.7. The first-order valence-electron chi connectivity index (χ1n) is 21.8. The molecule has 340 valence electrons. The number of phosphoric acid groups is 1. The Bertz CT molecular complexity index is 1300. The largest absolute Gasteiger partial charge is 0.472 e. The van der Waals surface area contributed by atoms with Crippen LogP contribution in [0.25, 0.3) is 0 Å². The fourth-order valence-corrected chi connectivity index (χ4v) is 7.25. The number of esters is 2. The van der Waals surface area contributed by atoms with Gasteiger partial charge in [0.1, 0.15) is 18.5 Å². The van der Waals surface area contributed by atoms with Crippen LogP contribution in [0.3, 0.4) is 0 Å². The smallest absolute Gasteiger partial charge is 0.462 e. The lowest BCUT2D eigenvalue weighted by atomic mass is 9.87. The molecule has 15 heteroatoms. The number of unbranched alkanes of at least 4 members (excludes halogenated alkanes) is 8. The Morgan fingerprint density at radius 3 is 1.97 bits per heavy atom. The van der Waals surface area contributed by atoms with E-state index in [4.69, 9.17) is 19.1 Å². The molecule has 0 spiro atoms. The third-order valence-electron chi connectivity index (χ3n) is 9.94. The van der Waals surface area contributed by atoms with Crippen molar-refractivity contribution in [2.24, 2.45) is 11.8 Å². The highest BCUT2D eigenvalue weighted by atomic mass is 31.2. The van der Waals surface area contributed by atoms with Gasteiger partial charge >= 0.3 is 19.8 Å². The number of rotatable bonds is 36. The molecule has 0 aromatic carbocycles. The van der Waals surface area contributed by atoms with Crippen LogP contribution < -0.4 is 0 Å². The van der Waals surface area contributed by atoms with Gasteiger partial charge in [-0.15, -0.1) is 0 Å². The molecule has 0 bridgehead atoms. The second-order valence-corrected chi connectivity index (χ2v) is 16.8. The van der Waals surface area contributed by atoms with Gasteiger partial charge in [0.15, 0.2) is 6.10 Å². The van der Waals surface area contributed by atoms with Crippen molar-refractivity contribution in [3.8, 4) is 0 Å². The quantitative estimate of drug-likeness (QED) is 0.0163. The fourth-order valence-electron chi connectivity index (χ4n) is 6.47.